The van der Waals surface area contributed by atoms with Crippen molar-refractivity contribution in [1.29, 1.82) is 0 Å². The van der Waals surface area contributed by atoms with Crippen LogP contribution in [0.4, 0.5) is 5.69 Å². The van der Waals surface area contributed by atoms with E-state index in [4.69, 9.17) is 4.99 Å². The normalized spacial score (nSPS) is 27.1. The lowest BCUT2D eigenvalue weighted by molar-refractivity contribution is -0.104. The number of nitrogens with zero attached hydrogens (tertiary/aromatic N) is 2. The molecule has 0 aromatic heterocycles. The highest BCUT2D eigenvalue weighted by molar-refractivity contribution is 6.12. The molecule has 0 saturated heterocycles. The quantitative estimate of drug-likeness (QED) is 0.841. The number of allylic oxidation sites excluding steroid dienone is 1. The molecule has 4 nitrogen and oxygen atoms in total. The van der Waals surface area contributed by atoms with Crippen LogP contribution in [0.2, 0.25) is 0 Å². The van der Waals surface area contributed by atoms with Gasteiger partial charge in [0, 0.05) is 35.5 Å². The molecular formula is C23H19N3O. The lowest BCUT2D eigenvalue weighted by Crippen LogP contribution is -2.34. The Morgan fingerprint density at radius 1 is 1.07 bits per heavy atom. The van der Waals surface area contributed by atoms with Crippen molar-refractivity contribution in [2.45, 2.75) is 12.5 Å². The van der Waals surface area contributed by atoms with E-state index in [1.54, 1.807) is 6.21 Å². The molecule has 2 aliphatic heterocycles. The Morgan fingerprint density at radius 2 is 1.93 bits per heavy atom. The summed E-state index contributed by atoms with van der Waals surface area (Å²) in [6.45, 7) is 2.12. The van der Waals surface area contributed by atoms with Gasteiger partial charge in [0.25, 0.3) is 0 Å². The summed E-state index contributed by atoms with van der Waals surface area (Å²) in [7, 11) is 0. The van der Waals surface area contributed by atoms with Gasteiger partial charge in [-0.15, -0.1) is 0 Å². The van der Waals surface area contributed by atoms with Crippen LogP contribution in [0.1, 0.15) is 5.56 Å². The van der Waals surface area contributed by atoms with E-state index in [0.717, 1.165) is 17.8 Å². The summed E-state index contributed by atoms with van der Waals surface area (Å²) in [5, 5.41) is 3.54. The van der Waals surface area contributed by atoms with Gasteiger partial charge in [-0.05, 0) is 29.7 Å². The predicted octanol–water partition coefficient (Wildman–Crippen LogP) is 4.19. The van der Waals surface area contributed by atoms with Gasteiger partial charge in [-0.25, -0.2) is 4.99 Å². The molecule has 1 spiro atoms. The van der Waals surface area contributed by atoms with Gasteiger partial charge in [0.15, 0.2) is 6.29 Å². The minimum Gasteiger partial charge on any atom is -0.341 e. The zero-order chi connectivity index (χ0) is 18.4. The topological polar surface area (TPSA) is 53.8 Å². The molecule has 132 valence electrons. The molecule has 3 aliphatic rings. The SMILES string of the molecule is Cc1c(NC2=NC=CC3C4C=C(C=O)C=NC234)cccc1-c1ccccc1. The van der Waals surface area contributed by atoms with E-state index in [9.17, 15) is 4.79 Å². The predicted molar refractivity (Wildman–Crippen MR) is 109 cm³/mol. The van der Waals surface area contributed by atoms with Crippen molar-refractivity contribution in [3.05, 3.63) is 78.0 Å². The Balaban J connectivity index is 1.49. The third kappa shape index (κ3) is 2.33. The summed E-state index contributed by atoms with van der Waals surface area (Å²) < 4.78 is 0. The van der Waals surface area contributed by atoms with Gasteiger partial charge in [-0.2, -0.15) is 0 Å². The molecule has 3 atom stereocenters. The molecule has 1 N–H and O–H groups in total. The van der Waals surface area contributed by atoms with E-state index in [1.807, 2.05) is 18.3 Å². The largest absolute Gasteiger partial charge is 0.341 e. The lowest BCUT2D eigenvalue weighted by atomic mass is 9.98. The Kier molecular flexibility index (Phi) is 3.47. The van der Waals surface area contributed by atoms with Crippen molar-refractivity contribution in [3.8, 4) is 11.1 Å². The number of carbonyl (C=O) groups is 1. The number of anilines is 1. The first-order valence-corrected chi connectivity index (χ1v) is 9.13. The minimum atomic E-state index is -0.379. The molecule has 0 bridgehead atoms. The highest BCUT2D eigenvalue weighted by Gasteiger charge is 2.68. The number of fused-ring (bicyclic) bond motifs is 1. The second kappa shape index (κ2) is 5.88. The summed E-state index contributed by atoms with van der Waals surface area (Å²) in [5.41, 5.74) is 4.87. The average Bonchev–Trinajstić information content (AvgIpc) is 3.39. The van der Waals surface area contributed by atoms with Crippen LogP contribution in [-0.4, -0.2) is 23.9 Å². The van der Waals surface area contributed by atoms with Gasteiger partial charge in [-0.3, -0.25) is 9.79 Å². The van der Waals surface area contributed by atoms with E-state index in [0.29, 0.717) is 5.57 Å². The van der Waals surface area contributed by atoms with Crippen LogP contribution in [0.15, 0.2) is 82.4 Å². The van der Waals surface area contributed by atoms with E-state index in [-0.39, 0.29) is 17.4 Å². The number of rotatable bonds is 3. The minimum absolute atomic E-state index is 0.199. The second-order valence-corrected chi connectivity index (χ2v) is 7.21. The number of dihydropyridines is 1. The van der Waals surface area contributed by atoms with Crippen LogP contribution in [-0.2, 0) is 4.79 Å². The Bertz CT molecular complexity index is 1050. The average molecular weight is 353 g/mol. The van der Waals surface area contributed by atoms with Crippen LogP contribution in [0.5, 0.6) is 0 Å². The summed E-state index contributed by atoms with van der Waals surface area (Å²) in [5.74, 6) is 1.32. The monoisotopic (exact) mass is 353 g/mol. The van der Waals surface area contributed by atoms with Crippen molar-refractivity contribution in [1.82, 2.24) is 0 Å². The molecule has 3 unspecified atom stereocenters. The molecule has 2 aromatic rings. The van der Waals surface area contributed by atoms with E-state index in [2.05, 4.69) is 65.8 Å². The molecule has 2 aromatic carbocycles. The van der Waals surface area contributed by atoms with E-state index in [1.165, 1.54) is 16.7 Å². The van der Waals surface area contributed by atoms with E-state index < -0.39 is 0 Å². The third-order valence-corrected chi connectivity index (χ3v) is 5.78. The maximum absolute atomic E-state index is 11.1. The van der Waals surface area contributed by atoms with Gasteiger partial charge in [0.2, 0.25) is 0 Å². The van der Waals surface area contributed by atoms with Crippen LogP contribution in [0.3, 0.4) is 0 Å². The van der Waals surface area contributed by atoms with Gasteiger partial charge in [0.05, 0.1) is 0 Å². The highest BCUT2D eigenvalue weighted by Crippen LogP contribution is 2.59. The summed E-state index contributed by atoms with van der Waals surface area (Å²) in [4.78, 5) is 20.4. The number of aldehydes is 1. The molecule has 1 saturated carbocycles. The lowest BCUT2D eigenvalue weighted by Gasteiger charge is -2.22. The zero-order valence-corrected chi connectivity index (χ0v) is 15.0. The van der Waals surface area contributed by atoms with Crippen LogP contribution < -0.4 is 5.32 Å². The first kappa shape index (κ1) is 15.9. The molecule has 1 fully saturated rings. The fraction of sp³-hybridized carbons (Fsp3) is 0.174. The zero-order valence-electron chi connectivity index (χ0n) is 15.0. The van der Waals surface area contributed by atoms with Crippen molar-refractivity contribution < 1.29 is 4.79 Å². The number of amidine groups is 1. The van der Waals surface area contributed by atoms with Crippen LogP contribution in [0.25, 0.3) is 11.1 Å². The standard InChI is InChI=1S/C23H19N3O/c1-15-18(17-6-3-2-4-7-17)8-5-9-21(15)26-22-23-19(10-11-24-22)20(23)12-16(14-27)13-25-23/h2-14,19-20H,1H3,(H,24,26). The number of hydrogen-bond acceptors (Lipinski definition) is 4. The van der Waals surface area contributed by atoms with Crippen molar-refractivity contribution in [2.75, 3.05) is 5.32 Å². The number of nitrogens with one attached hydrogen (secondary N) is 1. The first-order valence-electron chi connectivity index (χ1n) is 9.13. The summed E-state index contributed by atoms with van der Waals surface area (Å²) in [6, 6.07) is 16.6. The van der Waals surface area contributed by atoms with Crippen LogP contribution in [0, 0.1) is 18.8 Å². The van der Waals surface area contributed by atoms with E-state index >= 15 is 0 Å². The smallest absolute Gasteiger partial charge is 0.151 e. The van der Waals surface area contributed by atoms with Gasteiger partial charge in [0.1, 0.15) is 11.4 Å². The second-order valence-electron chi connectivity index (χ2n) is 7.21. The molecule has 5 rings (SSSR count). The number of hydrogen-bond donors (Lipinski definition) is 1. The maximum atomic E-state index is 11.1. The van der Waals surface area contributed by atoms with Gasteiger partial charge in [-0.1, -0.05) is 54.6 Å². The number of aliphatic imine (C=N–C) groups is 2. The maximum Gasteiger partial charge on any atom is 0.151 e. The fourth-order valence-corrected chi connectivity index (χ4v) is 4.25. The molecule has 0 radical (unpaired) electrons. The molecule has 2 heterocycles. The van der Waals surface area contributed by atoms with Crippen LogP contribution >= 0.6 is 0 Å². The Labute approximate surface area is 158 Å². The van der Waals surface area contributed by atoms with Crippen molar-refractivity contribution >= 4 is 24.0 Å². The van der Waals surface area contributed by atoms with Gasteiger partial charge < -0.3 is 5.32 Å². The Hall–Kier alpha value is -3.27. The van der Waals surface area contributed by atoms with Gasteiger partial charge >= 0.3 is 0 Å². The highest BCUT2D eigenvalue weighted by atomic mass is 16.1. The molecule has 4 heteroatoms. The summed E-state index contributed by atoms with van der Waals surface area (Å²) in [6.07, 6.45) is 8.49. The fourth-order valence-electron chi connectivity index (χ4n) is 4.25. The molecule has 0 amide bonds. The molecule has 27 heavy (non-hydrogen) atoms. The summed E-state index contributed by atoms with van der Waals surface area (Å²) >= 11 is 0. The molecule has 1 aliphatic carbocycles. The van der Waals surface area contributed by atoms with Crippen molar-refractivity contribution in [3.63, 3.8) is 0 Å². The van der Waals surface area contributed by atoms with Crippen molar-refractivity contribution in [2.24, 2.45) is 21.8 Å². The number of carbonyl (C=O) groups excluding carboxylic acids is 1. The molecular weight excluding hydrogens is 334 g/mol. The Morgan fingerprint density at radius 3 is 2.74 bits per heavy atom. The number of benzene rings is 2. The first-order chi connectivity index (χ1) is 13.2. The third-order valence-electron chi connectivity index (χ3n) is 5.78.